The molecule has 0 heterocycles. The molecule has 0 saturated heterocycles. The topological polar surface area (TPSA) is 98.8 Å². The molecule has 0 aromatic heterocycles. The van der Waals surface area contributed by atoms with Gasteiger partial charge >= 0.3 is 24.4 Å². The third-order valence-corrected chi connectivity index (χ3v) is 5.45. The lowest BCUT2D eigenvalue weighted by Gasteiger charge is -2.30. The molecular weight excluding hydrogens is 621 g/mol. The molecule has 20 heteroatoms. The van der Waals surface area contributed by atoms with Gasteiger partial charge in [-0.25, -0.2) is 0 Å². The Labute approximate surface area is 219 Å². The normalized spacial score (nSPS) is 12.6. The highest BCUT2D eigenvalue weighted by Crippen LogP contribution is 2.55. The van der Waals surface area contributed by atoms with Gasteiger partial charge in [0.25, 0.3) is 8.81 Å². The van der Waals surface area contributed by atoms with Crippen LogP contribution in [0.3, 0.4) is 0 Å². The predicted octanol–water partition coefficient (Wildman–Crippen LogP) is 8.53. The van der Waals surface area contributed by atoms with Gasteiger partial charge in [-0.3, -0.25) is 24.5 Å². The molecule has 2 aromatic carbocycles. The van der Waals surface area contributed by atoms with E-state index in [4.69, 9.17) is 46.4 Å². The van der Waals surface area contributed by atoms with Crippen molar-refractivity contribution >= 4 is 81.1 Å². The third-order valence-electron chi connectivity index (χ3n) is 3.83. The van der Waals surface area contributed by atoms with Gasteiger partial charge in [0.1, 0.15) is 5.69 Å². The van der Waals surface area contributed by atoms with Crippen molar-refractivity contribution in [3.63, 3.8) is 0 Å². The SMILES string of the molecule is O=[N+]([O-])c1cc([N+](=O)[O-])c(N(SC(Cl)(Cl)Cl)c2cc(Cl)ccc2OC(F)(F)C(F)F)c(C(F)(F)F)c1. The molecule has 0 N–H and O–H groups in total. The van der Waals surface area contributed by atoms with Gasteiger partial charge in [-0.15, -0.1) is 0 Å². The zero-order chi connectivity index (χ0) is 27.8. The molecule has 2 aromatic rings. The number of anilines is 2. The number of non-ortho nitro benzene ring substituents is 1. The Kier molecular flexibility index (Phi) is 8.93. The number of nitro benzene ring substituents is 2. The number of hydrogen-bond donors (Lipinski definition) is 0. The highest BCUT2D eigenvalue weighted by atomic mass is 35.6. The second kappa shape index (κ2) is 10.7. The smallest absolute Gasteiger partial charge is 0.426 e. The van der Waals surface area contributed by atoms with Crippen molar-refractivity contribution in [2.75, 3.05) is 4.31 Å². The lowest BCUT2D eigenvalue weighted by Crippen LogP contribution is -2.34. The number of nitro groups is 2. The molecule has 198 valence electrons. The molecular formula is C16H6Cl4F7N3O5S. The Morgan fingerprint density at radius 1 is 0.972 bits per heavy atom. The monoisotopic (exact) mass is 625 g/mol. The molecule has 0 bridgehead atoms. The average Bonchev–Trinajstić information content (AvgIpc) is 2.70. The van der Waals surface area contributed by atoms with Crippen molar-refractivity contribution < 1.29 is 45.3 Å². The van der Waals surface area contributed by atoms with Crippen LogP contribution in [0.25, 0.3) is 0 Å². The van der Waals surface area contributed by atoms with E-state index in [-0.39, 0.29) is 28.4 Å². The maximum absolute atomic E-state index is 13.9. The lowest BCUT2D eigenvalue weighted by molar-refractivity contribution is -0.394. The van der Waals surface area contributed by atoms with Gasteiger partial charge in [-0.05, 0) is 18.2 Å². The van der Waals surface area contributed by atoms with Crippen LogP contribution >= 0.6 is 58.4 Å². The molecule has 0 aliphatic carbocycles. The van der Waals surface area contributed by atoms with E-state index >= 15 is 0 Å². The van der Waals surface area contributed by atoms with Gasteiger partial charge in [-0.2, -0.15) is 30.7 Å². The van der Waals surface area contributed by atoms with E-state index in [2.05, 4.69) is 4.74 Å². The lowest BCUT2D eigenvalue weighted by atomic mass is 10.1. The van der Waals surface area contributed by atoms with Crippen molar-refractivity contribution in [1.82, 2.24) is 0 Å². The maximum Gasteiger partial charge on any atom is 0.461 e. The van der Waals surface area contributed by atoms with Gasteiger partial charge < -0.3 is 4.74 Å². The molecule has 0 fully saturated rings. The highest BCUT2D eigenvalue weighted by Gasteiger charge is 2.47. The van der Waals surface area contributed by atoms with Crippen molar-refractivity contribution in [3.05, 3.63) is 61.1 Å². The summed E-state index contributed by atoms with van der Waals surface area (Å²) in [5.74, 6) is -1.27. The molecule has 0 unspecified atom stereocenters. The molecule has 0 saturated carbocycles. The number of nitrogens with zero attached hydrogens (tertiary/aromatic N) is 3. The second-order valence-electron chi connectivity index (χ2n) is 6.28. The van der Waals surface area contributed by atoms with Crippen molar-refractivity contribution in [2.45, 2.75) is 21.8 Å². The summed E-state index contributed by atoms with van der Waals surface area (Å²) in [6, 6.07) is 1.95. The number of halogens is 11. The van der Waals surface area contributed by atoms with Crippen molar-refractivity contribution in [1.29, 1.82) is 0 Å². The first-order chi connectivity index (χ1) is 16.2. The third kappa shape index (κ3) is 7.21. The number of ether oxygens (including phenoxy) is 1. The number of hydrogen-bond acceptors (Lipinski definition) is 7. The van der Waals surface area contributed by atoms with Gasteiger partial charge in [-0.1, -0.05) is 46.4 Å². The largest absolute Gasteiger partial charge is 0.461 e. The fourth-order valence-corrected chi connectivity index (χ4v) is 4.04. The number of alkyl halides is 10. The van der Waals surface area contributed by atoms with Crippen LogP contribution in [0, 0.1) is 20.2 Å². The fraction of sp³-hybridized carbons (Fsp3) is 0.250. The summed E-state index contributed by atoms with van der Waals surface area (Å²) in [5, 5.41) is 22.3. The van der Waals surface area contributed by atoms with Crippen LogP contribution in [0.4, 0.5) is 53.5 Å². The summed E-state index contributed by atoms with van der Waals surface area (Å²) in [7, 11) is 0. The zero-order valence-corrected chi connectivity index (χ0v) is 20.3. The van der Waals surface area contributed by atoms with Crippen LogP contribution < -0.4 is 9.04 Å². The first kappa shape index (κ1) is 30.1. The first-order valence-electron chi connectivity index (χ1n) is 8.49. The Hall–Kier alpha value is -2.14. The maximum atomic E-state index is 13.9. The van der Waals surface area contributed by atoms with Crippen molar-refractivity contribution in [2.24, 2.45) is 0 Å². The minimum Gasteiger partial charge on any atom is -0.426 e. The molecule has 2 rings (SSSR count). The quantitative estimate of drug-likeness (QED) is 0.0952. The summed E-state index contributed by atoms with van der Waals surface area (Å²) in [5.41, 5.74) is -7.60. The van der Waals surface area contributed by atoms with Gasteiger partial charge in [0, 0.05) is 23.0 Å². The van der Waals surface area contributed by atoms with E-state index in [9.17, 15) is 51.0 Å². The second-order valence-corrected chi connectivity index (χ2v) is 10.8. The predicted molar refractivity (Wildman–Crippen MR) is 118 cm³/mol. The van der Waals surface area contributed by atoms with Crippen LogP contribution in [-0.2, 0) is 6.18 Å². The summed E-state index contributed by atoms with van der Waals surface area (Å²) in [6.45, 7) is 0. The zero-order valence-electron chi connectivity index (χ0n) is 16.4. The van der Waals surface area contributed by atoms with Crippen LogP contribution in [0.2, 0.25) is 5.02 Å². The van der Waals surface area contributed by atoms with E-state index in [1.807, 2.05) is 0 Å². The van der Waals surface area contributed by atoms with Crippen LogP contribution in [0.5, 0.6) is 5.75 Å². The van der Waals surface area contributed by atoms with Gasteiger partial charge in [0.05, 0.1) is 27.2 Å². The standard InChI is InChI=1S/C16H6Cl4F7N3O5S/c17-6-1-2-11(35-15(26,27)13(21)22)9(3-6)28(36-16(18,19)20)12-8(14(23,24)25)4-7(29(31)32)5-10(12)30(33)34/h1-5,13H. The van der Waals surface area contributed by atoms with E-state index < -0.39 is 70.8 Å². The average molecular weight is 627 g/mol. The van der Waals surface area contributed by atoms with Gasteiger partial charge in [0.2, 0.25) is 0 Å². The molecule has 8 nitrogen and oxygen atoms in total. The molecule has 36 heavy (non-hydrogen) atoms. The summed E-state index contributed by atoms with van der Waals surface area (Å²) in [6.07, 6.45) is -15.2. The number of benzene rings is 2. The molecule has 0 radical (unpaired) electrons. The molecule has 0 spiro atoms. The van der Waals surface area contributed by atoms with Crippen molar-refractivity contribution in [3.8, 4) is 5.75 Å². The molecule has 0 aliphatic heterocycles. The molecule has 0 atom stereocenters. The van der Waals surface area contributed by atoms with Gasteiger partial charge in [0.15, 0.2) is 5.75 Å². The van der Waals surface area contributed by atoms with E-state index in [1.54, 1.807) is 0 Å². The number of rotatable bonds is 8. The molecule has 0 aliphatic rings. The first-order valence-corrected chi connectivity index (χ1v) is 10.8. The Bertz CT molecular complexity index is 1180. The van der Waals surface area contributed by atoms with Crippen LogP contribution in [0.15, 0.2) is 30.3 Å². The van der Waals surface area contributed by atoms with E-state index in [0.29, 0.717) is 12.1 Å². The van der Waals surface area contributed by atoms with E-state index in [0.717, 1.165) is 6.07 Å². The minimum atomic E-state index is -5.55. The highest BCUT2D eigenvalue weighted by molar-refractivity contribution is 8.06. The Morgan fingerprint density at radius 2 is 1.56 bits per heavy atom. The fourth-order valence-electron chi connectivity index (χ4n) is 2.52. The summed E-state index contributed by atoms with van der Waals surface area (Å²) in [4.78, 5) is 19.9. The Balaban J connectivity index is 3.03. The Morgan fingerprint density at radius 3 is 2.00 bits per heavy atom. The van der Waals surface area contributed by atoms with Crippen LogP contribution in [0.1, 0.15) is 5.56 Å². The van der Waals surface area contributed by atoms with E-state index in [1.165, 1.54) is 0 Å². The summed E-state index contributed by atoms with van der Waals surface area (Å²) >= 11 is 22.4. The molecule has 0 amide bonds. The minimum absolute atomic E-state index is 0.0560. The summed E-state index contributed by atoms with van der Waals surface area (Å²) < 4.78 is 96.0. The van der Waals surface area contributed by atoms with Crippen LogP contribution in [-0.4, -0.2) is 25.5 Å².